The second-order valence-electron chi connectivity index (χ2n) is 10.8. The van der Waals surface area contributed by atoms with E-state index in [1.165, 1.54) is 11.0 Å². The normalized spacial score (nSPS) is 30.9. The molecule has 11 heteroatoms. The van der Waals surface area contributed by atoms with E-state index >= 15 is 0 Å². The van der Waals surface area contributed by atoms with E-state index in [1.54, 1.807) is 15.7 Å². The molecule has 1 N–H and O–H groups in total. The number of hydrogen-bond donors (Lipinski definition) is 1. The molecule has 0 aliphatic carbocycles. The van der Waals surface area contributed by atoms with Crippen molar-refractivity contribution in [2.45, 2.75) is 50.6 Å². The third-order valence-corrected chi connectivity index (χ3v) is 8.59. The van der Waals surface area contributed by atoms with Crippen LogP contribution < -0.4 is 0 Å². The van der Waals surface area contributed by atoms with Crippen molar-refractivity contribution in [1.82, 2.24) is 24.8 Å². The first-order valence-electron chi connectivity index (χ1n) is 13.3. The molecule has 2 aromatic rings. The van der Waals surface area contributed by atoms with E-state index in [4.69, 9.17) is 9.47 Å². The number of para-hydroxylation sites is 1. The van der Waals surface area contributed by atoms with E-state index < -0.39 is 35.0 Å². The molecular formula is C28H35N5O6. The zero-order valence-electron chi connectivity index (χ0n) is 22.4. The van der Waals surface area contributed by atoms with Crippen LogP contribution in [0.4, 0.5) is 0 Å². The van der Waals surface area contributed by atoms with E-state index in [-0.39, 0.29) is 57.1 Å². The number of hydrogen-bond acceptors (Lipinski definition) is 8. The Morgan fingerprint density at radius 1 is 1.31 bits per heavy atom. The first-order chi connectivity index (χ1) is 18.7. The predicted octanol–water partition coefficient (Wildman–Crippen LogP) is 1.53. The number of aliphatic hydroxyl groups excluding tert-OH is 1. The largest absolute Gasteiger partial charge is 0.461 e. The van der Waals surface area contributed by atoms with Crippen LogP contribution in [0.5, 0.6) is 0 Å². The summed E-state index contributed by atoms with van der Waals surface area (Å²) in [6.45, 7) is 11.6. The number of likely N-dealkylation sites (tertiary alicyclic amines) is 1. The molecule has 3 aliphatic heterocycles. The summed E-state index contributed by atoms with van der Waals surface area (Å²) in [5.41, 5.74) is -0.715. The van der Waals surface area contributed by atoms with Crippen LogP contribution in [-0.4, -0.2) is 91.2 Å². The molecule has 0 radical (unpaired) electrons. The maximum Gasteiger partial charge on any atom is 0.313 e. The number of amides is 2. The van der Waals surface area contributed by atoms with Gasteiger partial charge in [0.2, 0.25) is 11.8 Å². The smallest absolute Gasteiger partial charge is 0.313 e. The Labute approximate surface area is 227 Å². The Balaban J connectivity index is 1.55. The molecule has 1 aromatic carbocycles. The van der Waals surface area contributed by atoms with Crippen molar-refractivity contribution >= 4 is 28.8 Å². The molecule has 0 saturated carbocycles. The number of esters is 1. The molecule has 2 amide bonds. The molecule has 2 bridgehead atoms. The molecule has 1 spiro atoms. The SMILES string of the molecule is C=CCOC(=O)[C@@H]1[C@H]2C(=O)N(CCCO)C(C(=O)N(CC=C)Cn3nnc4ccccc43)C23CC(C)[C@@]1(C)O3. The maximum absolute atomic E-state index is 14.5. The minimum Gasteiger partial charge on any atom is -0.461 e. The minimum absolute atomic E-state index is 0.0171. The Hall–Kier alpha value is -3.57. The second-order valence-corrected chi connectivity index (χ2v) is 10.8. The van der Waals surface area contributed by atoms with Gasteiger partial charge in [-0.2, -0.15) is 0 Å². The van der Waals surface area contributed by atoms with Crippen LogP contribution in [0.1, 0.15) is 26.7 Å². The lowest BCUT2D eigenvalue weighted by atomic mass is 9.62. The Bertz CT molecular complexity index is 1310. The fraction of sp³-hybridized carbons (Fsp3) is 0.536. The van der Waals surface area contributed by atoms with Crippen molar-refractivity contribution in [3.63, 3.8) is 0 Å². The third kappa shape index (κ3) is 4.06. The summed E-state index contributed by atoms with van der Waals surface area (Å²) < 4.78 is 13.7. The summed E-state index contributed by atoms with van der Waals surface area (Å²) in [4.78, 5) is 44.8. The van der Waals surface area contributed by atoms with Crippen molar-refractivity contribution in [2.75, 3.05) is 26.3 Å². The lowest BCUT2D eigenvalue weighted by Gasteiger charge is -2.37. The summed E-state index contributed by atoms with van der Waals surface area (Å²) >= 11 is 0. The van der Waals surface area contributed by atoms with Gasteiger partial charge < -0.3 is 24.4 Å². The van der Waals surface area contributed by atoms with Crippen LogP contribution in [0.15, 0.2) is 49.6 Å². The van der Waals surface area contributed by atoms with E-state index in [1.807, 2.05) is 38.1 Å². The van der Waals surface area contributed by atoms with Crippen molar-refractivity contribution in [2.24, 2.45) is 17.8 Å². The van der Waals surface area contributed by atoms with Gasteiger partial charge in [-0.1, -0.05) is 43.0 Å². The van der Waals surface area contributed by atoms with Gasteiger partial charge in [0.15, 0.2) is 0 Å². The molecule has 1 aromatic heterocycles. The number of benzene rings is 1. The first-order valence-corrected chi connectivity index (χ1v) is 13.3. The molecule has 4 heterocycles. The molecule has 11 nitrogen and oxygen atoms in total. The summed E-state index contributed by atoms with van der Waals surface area (Å²) in [7, 11) is 0. The number of fused-ring (bicyclic) bond motifs is 2. The molecule has 208 valence electrons. The van der Waals surface area contributed by atoms with Gasteiger partial charge in [0.05, 0.1) is 17.0 Å². The minimum atomic E-state index is -1.21. The molecule has 6 atom stereocenters. The molecule has 39 heavy (non-hydrogen) atoms. The Morgan fingerprint density at radius 3 is 2.79 bits per heavy atom. The van der Waals surface area contributed by atoms with Gasteiger partial charge in [-0.05, 0) is 37.8 Å². The van der Waals surface area contributed by atoms with E-state index in [0.717, 1.165) is 5.52 Å². The third-order valence-electron chi connectivity index (χ3n) is 8.59. The number of carbonyl (C=O) groups is 3. The topological polar surface area (TPSA) is 127 Å². The zero-order chi connectivity index (χ0) is 27.9. The van der Waals surface area contributed by atoms with Gasteiger partial charge in [-0.15, -0.1) is 11.7 Å². The van der Waals surface area contributed by atoms with Crippen molar-refractivity contribution in [3.05, 3.63) is 49.6 Å². The Kier molecular flexibility index (Phi) is 7.06. The van der Waals surface area contributed by atoms with Gasteiger partial charge in [0.25, 0.3) is 0 Å². The van der Waals surface area contributed by atoms with Crippen molar-refractivity contribution in [3.8, 4) is 0 Å². The quantitative estimate of drug-likeness (QED) is 0.338. The van der Waals surface area contributed by atoms with Crippen LogP contribution in [-0.2, 0) is 30.5 Å². The average Bonchev–Trinajstić information content (AvgIpc) is 3.59. The molecule has 3 aliphatic rings. The molecule has 3 fully saturated rings. The van der Waals surface area contributed by atoms with Gasteiger partial charge >= 0.3 is 5.97 Å². The van der Waals surface area contributed by atoms with Crippen molar-refractivity contribution < 1.29 is 29.0 Å². The predicted molar refractivity (Wildman–Crippen MR) is 141 cm³/mol. The van der Waals surface area contributed by atoms with Crippen molar-refractivity contribution in [1.29, 1.82) is 0 Å². The molecule has 3 unspecified atom stereocenters. The van der Waals surface area contributed by atoms with Crippen LogP contribution in [0.3, 0.4) is 0 Å². The van der Waals surface area contributed by atoms with E-state index in [2.05, 4.69) is 23.5 Å². The van der Waals surface area contributed by atoms with Crippen LogP contribution >= 0.6 is 0 Å². The maximum atomic E-state index is 14.5. The fourth-order valence-electron chi connectivity index (χ4n) is 6.82. The molecular weight excluding hydrogens is 502 g/mol. The highest BCUT2D eigenvalue weighted by Crippen LogP contribution is 2.65. The highest BCUT2D eigenvalue weighted by Gasteiger charge is 2.80. The standard InChI is InChI=1S/C28H35N5O6/c1-5-12-31(17-33-20-11-8-7-10-19(20)29-30-33)25(36)23-28-16-18(3)27(4,39-28)22(26(37)38-15-6-2)21(28)24(35)32(23)13-9-14-34/h5-8,10-11,18,21-23,34H,1-2,9,12-17H2,3-4H3/t18?,21-,22-,23?,27+,28?/m0/s1. The lowest BCUT2D eigenvalue weighted by molar-refractivity contribution is -0.161. The number of nitrogens with zero attached hydrogens (tertiary/aromatic N) is 5. The highest BCUT2D eigenvalue weighted by molar-refractivity contribution is 5.98. The fourth-order valence-corrected chi connectivity index (χ4v) is 6.82. The van der Waals surface area contributed by atoms with Crippen LogP contribution in [0, 0.1) is 17.8 Å². The highest BCUT2D eigenvalue weighted by atomic mass is 16.6. The van der Waals surface area contributed by atoms with E-state index in [9.17, 15) is 19.5 Å². The summed E-state index contributed by atoms with van der Waals surface area (Å²) in [6, 6.07) is 6.46. The number of ether oxygens (including phenoxy) is 2. The first kappa shape index (κ1) is 27.0. The number of aromatic nitrogens is 3. The van der Waals surface area contributed by atoms with E-state index in [0.29, 0.717) is 11.9 Å². The Morgan fingerprint density at radius 2 is 2.08 bits per heavy atom. The second kappa shape index (κ2) is 10.2. The molecule has 5 rings (SSSR count). The summed E-state index contributed by atoms with van der Waals surface area (Å²) in [6.07, 6.45) is 3.81. The van der Waals surface area contributed by atoms with Crippen LogP contribution in [0.2, 0.25) is 0 Å². The summed E-state index contributed by atoms with van der Waals surface area (Å²) in [5, 5.41) is 18.0. The summed E-state index contributed by atoms with van der Waals surface area (Å²) in [5.74, 6) is -3.04. The zero-order valence-corrected chi connectivity index (χ0v) is 22.4. The number of carbonyl (C=O) groups excluding carboxylic acids is 3. The number of rotatable bonds is 11. The lowest BCUT2D eigenvalue weighted by Crippen LogP contribution is -2.57. The van der Waals surface area contributed by atoms with Gasteiger partial charge in [0.1, 0.15) is 36.4 Å². The number of aliphatic hydroxyl groups is 1. The van der Waals surface area contributed by atoms with Gasteiger partial charge in [-0.25, -0.2) is 4.68 Å². The molecule has 3 saturated heterocycles. The average molecular weight is 538 g/mol. The van der Waals surface area contributed by atoms with Gasteiger partial charge in [0, 0.05) is 19.7 Å². The monoisotopic (exact) mass is 537 g/mol. The van der Waals surface area contributed by atoms with Gasteiger partial charge in [-0.3, -0.25) is 14.4 Å². The van der Waals surface area contributed by atoms with Crippen LogP contribution in [0.25, 0.3) is 11.0 Å².